The maximum atomic E-state index is 4.25. The van der Waals surface area contributed by atoms with Gasteiger partial charge in [-0.3, -0.25) is 0 Å². The number of nitrogens with one attached hydrogen (secondary N) is 1. The van der Waals surface area contributed by atoms with Crippen LogP contribution in [0.3, 0.4) is 0 Å². The summed E-state index contributed by atoms with van der Waals surface area (Å²) >= 11 is 0. The van der Waals surface area contributed by atoms with Crippen molar-refractivity contribution in [3.05, 3.63) is 12.2 Å². The van der Waals surface area contributed by atoms with Gasteiger partial charge in [-0.05, 0) is 62.9 Å². The minimum Gasteiger partial charge on any atom is -0.316 e. The van der Waals surface area contributed by atoms with Gasteiger partial charge in [-0.2, -0.15) is 0 Å². The molecule has 0 aliphatic heterocycles. The summed E-state index contributed by atoms with van der Waals surface area (Å²) in [6, 6.07) is 0. The van der Waals surface area contributed by atoms with Crippen molar-refractivity contribution in [2.45, 2.75) is 72.1 Å². The zero-order valence-corrected chi connectivity index (χ0v) is 13.5. The average Bonchev–Trinajstić information content (AvgIpc) is 2.41. The zero-order chi connectivity index (χ0) is 14.1. The molecular formula is C18H35N. The van der Waals surface area contributed by atoms with Gasteiger partial charge >= 0.3 is 0 Å². The van der Waals surface area contributed by atoms with E-state index in [1.165, 1.54) is 63.6 Å². The molecule has 1 aliphatic rings. The summed E-state index contributed by atoms with van der Waals surface area (Å²) in [6.45, 7) is 13.5. The zero-order valence-electron chi connectivity index (χ0n) is 13.5. The quantitative estimate of drug-likeness (QED) is 0.448. The molecule has 1 rings (SSSR count). The van der Waals surface area contributed by atoms with E-state index in [4.69, 9.17) is 0 Å². The molecule has 0 aromatic rings. The third-order valence-corrected chi connectivity index (χ3v) is 4.83. The van der Waals surface area contributed by atoms with Crippen LogP contribution in [-0.4, -0.2) is 13.1 Å². The molecule has 0 radical (unpaired) electrons. The lowest BCUT2D eigenvalue weighted by molar-refractivity contribution is 0.167. The third kappa shape index (κ3) is 6.12. The summed E-state index contributed by atoms with van der Waals surface area (Å²) < 4.78 is 0. The van der Waals surface area contributed by atoms with Gasteiger partial charge in [0.2, 0.25) is 0 Å². The van der Waals surface area contributed by atoms with Crippen LogP contribution in [0, 0.1) is 17.8 Å². The minimum absolute atomic E-state index is 0.891. The molecule has 1 saturated carbocycles. The van der Waals surface area contributed by atoms with Crippen LogP contribution in [0.5, 0.6) is 0 Å². The highest BCUT2D eigenvalue weighted by Gasteiger charge is 2.29. The van der Waals surface area contributed by atoms with Gasteiger partial charge < -0.3 is 5.32 Å². The molecule has 1 fully saturated rings. The first kappa shape index (κ1) is 16.8. The van der Waals surface area contributed by atoms with Gasteiger partial charge in [-0.1, -0.05) is 52.2 Å². The van der Waals surface area contributed by atoms with Crippen molar-refractivity contribution in [1.29, 1.82) is 0 Å². The van der Waals surface area contributed by atoms with Gasteiger partial charge in [-0.15, -0.1) is 0 Å². The van der Waals surface area contributed by atoms with Gasteiger partial charge in [0.15, 0.2) is 0 Å². The minimum atomic E-state index is 0.891. The number of allylic oxidation sites excluding steroid dienone is 1. The standard InChI is InChI=1S/C18H35N/c1-5-8-16-9-10-17(14-19-11-6-2)18(13-16)12-15(4)7-3/h16-19H,4-14H2,1-3H3. The number of hydrogen-bond acceptors (Lipinski definition) is 1. The summed E-state index contributed by atoms with van der Waals surface area (Å²) in [7, 11) is 0. The second-order valence-corrected chi connectivity index (χ2v) is 6.50. The highest BCUT2D eigenvalue weighted by atomic mass is 14.9. The molecule has 0 amide bonds. The number of rotatable bonds is 9. The lowest BCUT2D eigenvalue weighted by Crippen LogP contribution is -2.33. The molecule has 3 unspecified atom stereocenters. The molecule has 0 saturated heterocycles. The second kappa shape index (κ2) is 9.58. The van der Waals surface area contributed by atoms with Crippen LogP contribution < -0.4 is 5.32 Å². The van der Waals surface area contributed by atoms with E-state index in [9.17, 15) is 0 Å². The van der Waals surface area contributed by atoms with Gasteiger partial charge in [0, 0.05) is 0 Å². The number of hydrogen-bond donors (Lipinski definition) is 1. The Balaban J connectivity index is 2.49. The molecule has 0 bridgehead atoms. The Labute approximate surface area is 121 Å². The molecule has 1 aliphatic carbocycles. The maximum Gasteiger partial charge on any atom is -0.00178 e. The van der Waals surface area contributed by atoms with Crippen molar-refractivity contribution in [3.63, 3.8) is 0 Å². The summed E-state index contributed by atoms with van der Waals surface area (Å²) in [6.07, 6.45) is 10.8. The molecule has 0 aromatic carbocycles. The molecule has 19 heavy (non-hydrogen) atoms. The molecule has 3 atom stereocenters. The van der Waals surface area contributed by atoms with E-state index in [1.54, 1.807) is 0 Å². The fourth-order valence-electron chi connectivity index (χ4n) is 3.59. The summed E-state index contributed by atoms with van der Waals surface area (Å²) in [5.41, 5.74) is 1.46. The molecular weight excluding hydrogens is 230 g/mol. The van der Waals surface area contributed by atoms with Crippen molar-refractivity contribution >= 4 is 0 Å². The monoisotopic (exact) mass is 265 g/mol. The Morgan fingerprint density at radius 1 is 1.11 bits per heavy atom. The topological polar surface area (TPSA) is 12.0 Å². The molecule has 1 N–H and O–H groups in total. The van der Waals surface area contributed by atoms with Crippen molar-refractivity contribution in [3.8, 4) is 0 Å². The smallest absolute Gasteiger partial charge is 0.00178 e. The lowest BCUT2D eigenvalue weighted by Gasteiger charge is -2.37. The normalized spacial score (nSPS) is 27.4. The van der Waals surface area contributed by atoms with Crippen molar-refractivity contribution < 1.29 is 0 Å². The fraction of sp³-hybridized carbons (Fsp3) is 0.889. The van der Waals surface area contributed by atoms with Crippen LogP contribution >= 0.6 is 0 Å². The molecule has 1 nitrogen and oxygen atoms in total. The van der Waals surface area contributed by atoms with E-state index in [-0.39, 0.29) is 0 Å². The Morgan fingerprint density at radius 3 is 2.53 bits per heavy atom. The van der Waals surface area contributed by atoms with Gasteiger partial charge in [-0.25, -0.2) is 0 Å². The largest absolute Gasteiger partial charge is 0.316 e. The van der Waals surface area contributed by atoms with E-state index in [2.05, 4.69) is 32.7 Å². The van der Waals surface area contributed by atoms with Gasteiger partial charge in [0.1, 0.15) is 0 Å². The molecule has 0 spiro atoms. The van der Waals surface area contributed by atoms with E-state index in [0.29, 0.717) is 0 Å². The molecule has 112 valence electrons. The molecule has 0 heterocycles. The second-order valence-electron chi connectivity index (χ2n) is 6.50. The van der Waals surface area contributed by atoms with Crippen LogP contribution in [0.15, 0.2) is 12.2 Å². The Morgan fingerprint density at radius 2 is 1.89 bits per heavy atom. The van der Waals surface area contributed by atoms with E-state index in [0.717, 1.165) is 24.2 Å². The van der Waals surface area contributed by atoms with Crippen LogP contribution in [0.1, 0.15) is 72.1 Å². The maximum absolute atomic E-state index is 4.25. The van der Waals surface area contributed by atoms with Crippen LogP contribution in [0.4, 0.5) is 0 Å². The predicted octanol–water partition coefficient (Wildman–Crippen LogP) is 5.17. The Bertz CT molecular complexity index is 246. The SMILES string of the molecule is C=C(CC)CC1CC(CCC)CCC1CNCCC. The highest BCUT2D eigenvalue weighted by molar-refractivity contribution is 4.97. The molecule has 1 heteroatoms. The predicted molar refractivity (Wildman–Crippen MR) is 86.4 cm³/mol. The average molecular weight is 265 g/mol. The van der Waals surface area contributed by atoms with Gasteiger partial charge in [0.05, 0.1) is 0 Å². The fourth-order valence-corrected chi connectivity index (χ4v) is 3.59. The lowest BCUT2D eigenvalue weighted by atomic mass is 9.70. The van der Waals surface area contributed by atoms with Crippen LogP contribution in [0.2, 0.25) is 0 Å². The summed E-state index contributed by atoms with van der Waals surface area (Å²) in [4.78, 5) is 0. The molecule has 0 aromatic heterocycles. The van der Waals surface area contributed by atoms with Gasteiger partial charge in [0.25, 0.3) is 0 Å². The van der Waals surface area contributed by atoms with Crippen LogP contribution in [-0.2, 0) is 0 Å². The van der Waals surface area contributed by atoms with Crippen molar-refractivity contribution in [2.75, 3.05) is 13.1 Å². The summed E-state index contributed by atoms with van der Waals surface area (Å²) in [5, 5.41) is 3.64. The van der Waals surface area contributed by atoms with E-state index in [1.807, 2.05) is 0 Å². The third-order valence-electron chi connectivity index (χ3n) is 4.83. The first-order valence-corrected chi connectivity index (χ1v) is 8.58. The van der Waals surface area contributed by atoms with E-state index >= 15 is 0 Å². The first-order valence-electron chi connectivity index (χ1n) is 8.58. The van der Waals surface area contributed by atoms with E-state index < -0.39 is 0 Å². The first-order chi connectivity index (χ1) is 9.21. The summed E-state index contributed by atoms with van der Waals surface area (Å²) in [5.74, 6) is 2.77. The highest BCUT2D eigenvalue weighted by Crippen LogP contribution is 2.39. The van der Waals surface area contributed by atoms with Crippen molar-refractivity contribution in [2.24, 2.45) is 17.8 Å². The van der Waals surface area contributed by atoms with Crippen molar-refractivity contribution in [1.82, 2.24) is 5.32 Å². The van der Waals surface area contributed by atoms with Crippen LogP contribution in [0.25, 0.3) is 0 Å². The Hall–Kier alpha value is -0.300. The Kier molecular flexibility index (Phi) is 8.45.